The first kappa shape index (κ1) is 20.7. The summed E-state index contributed by atoms with van der Waals surface area (Å²) in [6.45, 7) is 2.52. The van der Waals surface area contributed by atoms with E-state index in [2.05, 4.69) is 15.6 Å². The van der Waals surface area contributed by atoms with E-state index in [1.807, 2.05) is 30.5 Å². The Morgan fingerprint density at radius 2 is 1.81 bits per heavy atom. The molecule has 2 aromatic carbocycles. The highest BCUT2D eigenvalue weighted by molar-refractivity contribution is 7.14. The summed E-state index contributed by atoms with van der Waals surface area (Å²) in [5.41, 5.74) is 3.22. The van der Waals surface area contributed by atoms with Crippen LogP contribution in [0.3, 0.4) is 0 Å². The van der Waals surface area contributed by atoms with Crippen molar-refractivity contribution in [3.05, 3.63) is 70.7 Å². The Bertz CT molecular complexity index is 1130. The van der Waals surface area contributed by atoms with E-state index in [0.29, 0.717) is 40.7 Å². The lowest BCUT2D eigenvalue weighted by molar-refractivity contribution is -0.117. The minimum Gasteiger partial charge on any atom is -0.325 e. The van der Waals surface area contributed by atoms with Crippen LogP contribution in [0, 0.1) is 6.92 Å². The van der Waals surface area contributed by atoms with Crippen molar-refractivity contribution in [2.45, 2.75) is 26.2 Å². The molecule has 4 rings (SSSR count). The van der Waals surface area contributed by atoms with Gasteiger partial charge in [-0.25, -0.2) is 4.98 Å². The fourth-order valence-corrected chi connectivity index (χ4v) is 4.27. The highest BCUT2D eigenvalue weighted by Crippen LogP contribution is 2.27. The summed E-state index contributed by atoms with van der Waals surface area (Å²) >= 11 is 1.38. The summed E-state index contributed by atoms with van der Waals surface area (Å²) in [7, 11) is 0. The molecule has 1 fully saturated rings. The third-order valence-electron chi connectivity index (χ3n) is 5.08. The second-order valence-electron chi connectivity index (χ2n) is 7.29. The number of nitrogens with one attached hydrogen (secondary N) is 2. The van der Waals surface area contributed by atoms with Crippen molar-refractivity contribution in [1.82, 2.24) is 4.98 Å². The number of carbonyl (C=O) groups is 3. The second-order valence-corrected chi connectivity index (χ2v) is 8.13. The molecule has 0 bridgehead atoms. The molecule has 2 N–H and O–H groups in total. The van der Waals surface area contributed by atoms with Crippen LogP contribution >= 0.6 is 11.3 Å². The first-order valence-electron chi connectivity index (χ1n) is 10.0. The maximum absolute atomic E-state index is 12.6. The molecule has 3 aromatic rings. The van der Waals surface area contributed by atoms with Gasteiger partial charge in [0, 0.05) is 35.3 Å². The van der Waals surface area contributed by atoms with E-state index in [4.69, 9.17) is 0 Å². The van der Waals surface area contributed by atoms with Crippen molar-refractivity contribution in [2.24, 2.45) is 0 Å². The van der Waals surface area contributed by atoms with E-state index in [1.165, 1.54) is 11.3 Å². The van der Waals surface area contributed by atoms with E-state index < -0.39 is 0 Å². The summed E-state index contributed by atoms with van der Waals surface area (Å²) in [6.07, 6.45) is 1.50. The first-order chi connectivity index (χ1) is 15.0. The van der Waals surface area contributed by atoms with E-state index >= 15 is 0 Å². The summed E-state index contributed by atoms with van der Waals surface area (Å²) in [5.74, 6) is -0.340. The Kier molecular flexibility index (Phi) is 6.08. The van der Waals surface area contributed by atoms with Gasteiger partial charge < -0.3 is 10.6 Å². The molecule has 0 saturated carbocycles. The van der Waals surface area contributed by atoms with Crippen molar-refractivity contribution in [3.63, 3.8) is 0 Å². The molecule has 1 saturated heterocycles. The average molecular weight is 435 g/mol. The van der Waals surface area contributed by atoms with Crippen LogP contribution in [-0.2, 0) is 16.0 Å². The Balaban J connectivity index is 1.41. The third-order valence-corrected chi connectivity index (χ3v) is 5.99. The predicted octanol–water partition coefficient (Wildman–Crippen LogP) is 4.01. The van der Waals surface area contributed by atoms with Crippen LogP contribution in [-0.4, -0.2) is 29.3 Å². The van der Waals surface area contributed by atoms with E-state index in [-0.39, 0.29) is 24.1 Å². The Labute approximate surface area is 184 Å². The normalized spacial score (nSPS) is 13.3. The van der Waals surface area contributed by atoms with Gasteiger partial charge in [-0.2, -0.15) is 0 Å². The quantitative estimate of drug-likeness (QED) is 0.613. The van der Waals surface area contributed by atoms with Gasteiger partial charge in [0.2, 0.25) is 11.8 Å². The summed E-state index contributed by atoms with van der Waals surface area (Å²) < 4.78 is 0. The monoisotopic (exact) mass is 434 g/mol. The van der Waals surface area contributed by atoms with Crippen molar-refractivity contribution in [1.29, 1.82) is 0 Å². The molecule has 0 aliphatic carbocycles. The summed E-state index contributed by atoms with van der Waals surface area (Å²) in [6, 6.07) is 14.3. The molecule has 1 aliphatic heterocycles. The van der Waals surface area contributed by atoms with Gasteiger partial charge in [0.05, 0.1) is 12.1 Å². The molecule has 31 heavy (non-hydrogen) atoms. The zero-order valence-corrected chi connectivity index (χ0v) is 17.9. The number of aromatic nitrogens is 1. The highest BCUT2D eigenvalue weighted by Gasteiger charge is 2.24. The number of hydrogen-bond acceptors (Lipinski definition) is 5. The third kappa shape index (κ3) is 4.80. The van der Waals surface area contributed by atoms with E-state index in [9.17, 15) is 14.4 Å². The fraction of sp³-hybridized carbons (Fsp3) is 0.217. The predicted molar refractivity (Wildman–Crippen MR) is 122 cm³/mol. The Morgan fingerprint density at radius 3 is 2.52 bits per heavy atom. The van der Waals surface area contributed by atoms with E-state index in [0.717, 1.165) is 12.0 Å². The number of carbonyl (C=O) groups excluding carboxylic acids is 3. The first-order valence-corrected chi connectivity index (χ1v) is 10.9. The standard InChI is InChI=1S/C23H22N4O3S/c1-15-18(9-5-10-19(15)26-22(30)16-7-3-2-4-8-16)25-20(28)13-17-14-31-23(24-17)27-12-6-11-21(27)29/h2-5,7-10,14H,6,11-13H2,1H3,(H,25,28)(H,26,30). The maximum atomic E-state index is 12.6. The van der Waals surface area contributed by atoms with Gasteiger partial charge in [0.1, 0.15) is 0 Å². The fourth-order valence-electron chi connectivity index (χ4n) is 3.40. The topological polar surface area (TPSA) is 91.4 Å². The molecular weight excluding hydrogens is 412 g/mol. The lowest BCUT2D eigenvalue weighted by Gasteiger charge is -2.13. The molecule has 0 unspecified atom stereocenters. The molecule has 8 heteroatoms. The van der Waals surface area contributed by atoms with Gasteiger partial charge in [-0.1, -0.05) is 24.3 Å². The van der Waals surface area contributed by atoms with Crippen LogP contribution in [0.2, 0.25) is 0 Å². The van der Waals surface area contributed by atoms with Crippen LogP contribution in [0.1, 0.15) is 34.5 Å². The smallest absolute Gasteiger partial charge is 0.255 e. The number of anilines is 3. The minimum atomic E-state index is -0.210. The van der Waals surface area contributed by atoms with Gasteiger partial charge in [-0.3, -0.25) is 19.3 Å². The SMILES string of the molecule is Cc1c(NC(=O)Cc2csc(N3CCCC3=O)n2)cccc1NC(=O)c1ccccc1. The van der Waals surface area contributed by atoms with E-state index in [1.54, 1.807) is 35.2 Å². The molecular formula is C23H22N4O3S. The lowest BCUT2D eigenvalue weighted by Crippen LogP contribution is -2.23. The summed E-state index contributed by atoms with van der Waals surface area (Å²) in [5, 5.41) is 8.24. The van der Waals surface area contributed by atoms with Crippen LogP contribution < -0.4 is 15.5 Å². The van der Waals surface area contributed by atoms with Gasteiger partial charge in [0.25, 0.3) is 5.91 Å². The Hall–Kier alpha value is -3.52. The second kappa shape index (κ2) is 9.09. The minimum absolute atomic E-state index is 0.0790. The van der Waals surface area contributed by atoms with Crippen LogP contribution in [0.15, 0.2) is 53.9 Å². The molecule has 0 atom stereocenters. The number of amides is 3. The largest absolute Gasteiger partial charge is 0.325 e. The van der Waals surface area contributed by atoms with Crippen molar-refractivity contribution in [2.75, 3.05) is 22.1 Å². The van der Waals surface area contributed by atoms with Gasteiger partial charge in [0.15, 0.2) is 5.13 Å². The molecule has 7 nitrogen and oxygen atoms in total. The van der Waals surface area contributed by atoms with Gasteiger partial charge in [-0.15, -0.1) is 11.3 Å². The van der Waals surface area contributed by atoms with Crippen LogP contribution in [0.25, 0.3) is 0 Å². The number of nitrogens with zero attached hydrogens (tertiary/aromatic N) is 2. The number of rotatable bonds is 6. The van der Waals surface area contributed by atoms with Crippen molar-refractivity contribution in [3.8, 4) is 0 Å². The maximum Gasteiger partial charge on any atom is 0.255 e. The van der Waals surface area contributed by atoms with Crippen molar-refractivity contribution >= 4 is 45.6 Å². The van der Waals surface area contributed by atoms with Crippen LogP contribution in [0.4, 0.5) is 16.5 Å². The molecule has 3 amide bonds. The summed E-state index contributed by atoms with van der Waals surface area (Å²) in [4.78, 5) is 43.0. The van der Waals surface area contributed by atoms with Gasteiger partial charge >= 0.3 is 0 Å². The number of thiazole rings is 1. The van der Waals surface area contributed by atoms with Crippen LogP contribution in [0.5, 0.6) is 0 Å². The van der Waals surface area contributed by atoms with Crippen molar-refractivity contribution < 1.29 is 14.4 Å². The highest BCUT2D eigenvalue weighted by atomic mass is 32.1. The Morgan fingerprint density at radius 1 is 1.06 bits per heavy atom. The lowest BCUT2D eigenvalue weighted by atomic mass is 10.1. The molecule has 2 heterocycles. The number of hydrogen-bond donors (Lipinski definition) is 2. The molecule has 1 aromatic heterocycles. The number of benzene rings is 2. The molecule has 0 spiro atoms. The van der Waals surface area contributed by atoms with Gasteiger partial charge in [-0.05, 0) is 43.2 Å². The molecule has 158 valence electrons. The average Bonchev–Trinajstić information content (AvgIpc) is 3.40. The zero-order valence-electron chi connectivity index (χ0n) is 17.1. The molecule has 1 aliphatic rings. The zero-order chi connectivity index (χ0) is 21.8. The molecule has 0 radical (unpaired) electrons.